The summed E-state index contributed by atoms with van der Waals surface area (Å²) in [5.41, 5.74) is 7.43. The van der Waals surface area contributed by atoms with Gasteiger partial charge in [-0.1, -0.05) is 13.8 Å². The van der Waals surface area contributed by atoms with Crippen molar-refractivity contribution >= 4 is 11.5 Å². The summed E-state index contributed by atoms with van der Waals surface area (Å²) in [5, 5.41) is 12.3. The molecule has 90 valence electrons. The van der Waals surface area contributed by atoms with Crippen molar-refractivity contribution in [3.8, 4) is 0 Å². The van der Waals surface area contributed by atoms with Crippen LogP contribution in [0.15, 0.2) is 12.3 Å². The van der Waals surface area contributed by atoms with Gasteiger partial charge < -0.3 is 16.2 Å². The Bertz CT molecular complexity index is 339. The Morgan fingerprint density at radius 1 is 1.50 bits per heavy atom. The fourth-order valence-electron chi connectivity index (χ4n) is 1.55. The smallest absolute Gasteiger partial charge is 0.126 e. The lowest BCUT2D eigenvalue weighted by atomic mass is 10.0. The predicted octanol–water partition coefficient (Wildman–Crippen LogP) is 1.79. The van der Waals surface area contributed by atoms with Crippen molar-refractivity contribution in [2.75, 3.05) is 17.7 Å². The third-order valence-corrected chi connectivity index (χ3v) is 2.73. The number of anilines is 2. The van der Waals surface area contributed by atoms with Gasteiger partial charge in [0, 0.05) is 12.6 Å². The van der Waals surface area contributed by atoms with Crippen molar-refractivity contribution < 1.29 is 5.11 Å². The summed E-state index contributed by atoms with van der Waals surface area (Å²) in [6.07, 6.45) is 2.39. The first kappa shape index (κ1) is 12.8. The molecular formula is C12H21N3O. The van der Waals surface area contributed by atoms with Crippen LogP contribution in [0, 0.1) is 12.8 Å². The van der Waals surface area contributed by atoms with Gasteiger partial charge in [-0.05, 0) is 30.9 Å². The fourth-order valence-corrected chi connectivity index (χ4v) is 1.55. The maximum atomic E-state index is 8.98. The van der Waals surface area contributed by atoms with Crippen molar-refractivity contribution in [2.24, 2.45) is 5.92 Å². The van der Waals surface area contributed by atoms with Gasteiger partial charge in [-0.3, -0.25) is 0 Å². The van der Waals surface area contributed by atoms with Crippen molar-refractivity contribution in [1.82, 2.24) is 4.98 Å². The van der Waals surface area contributed by atoms with E-state index in [4.69, 9.17) is 10.8 Å². The summed E-state index contributed by atoms with van der Waals surface area (Å²) in [7, 11) is 0. The molecule has 0 spiro atoms. The highest BCUT2D eigenvalue weighted by Crippen LogP contribution is 2.17. The number of rotatable bonds is 5. The Hall–Kier alpha value is -1.29. The fraction of sp³-hybridized carbons (Fsp3) is 0.583. The molecule has 4 N–H and O–H groups in total. The Kier molecular flexibility index (Phi) is 4.55. The van der Waals surface area contributed by atoms with Crippen LogP contribution in [0.3, 0.4) is 0 Å². The largest absolute Gasteiger partial charge is 0.397 e. The molecule has 0 saturated carbocycles. The molecule has 1 aromatic heterocycles. The molecule has 0 aliphatic carbocycles. The van der Waals surface area contributed by atoms with Crippen LogP contribution in [0.25, 0.3) is 0 Å². The quantitative estimate of drug-likeness (QED) is 0.711. The minimum absolute atomic E-state index is 0.184. The summed E-state index contributed by atoms with van der Waals surface area (Å²) in [4.78, 5) is 4.23. The maximum Gasteiger partial charge on any atom is 0.126 e. The number of nitrogens with one attached hydrogen (secondary N) is 1. The third kappa shape index (κ3) is 3.38. The van der Waals surface area contributed by atoms with Crippen molar-refractivity contribution in [3.05, 3.63) is 17.8 Å². The predicted molar refractivity (Wildman–Crippen MR) is 67.3 cm³/mol. The van der Waals surface area contributed by atoms with Crippen LogP contribution in [0.4, 0.5) is 11.5 Å². The summed E-state index contributed by atoms with van der Waals surface area (Å²) < 4.78 is 0. The Balaban J connectivity index is 2.73. The van der Waals surface area contributed by atoms with Gasteiger partial charge in [0.25, 0.3) is 0 Å². The SMILES string of the molecule is Cc1cc(NC(CCO)C(C)C)ncc1N. The number of aromatic nitrogens is 1. The molecule has 0 radical (unpaired) electrons. The number of nitrogens with two attached hydrogens (primary N) is 1. The van der Waals surface area contributed by atoms with Gasteiger partial charge in [0.2, 0.25) is 0 Å². The van der Waals surface area contributed by atoms with E-state index in [-0.39, 0.29) is 12.6 Å². The molecule has 1 aromatic rings. The zero-order valence-corrected chi connectivity index (χ0v) is 10.2. The first-order chi connectivity index (χ1) is 7.54. The van der Waals surface area contributed by atoms with E-state index >= 15 is 0 Å². The Labute approximate surface area is 96.9 Å². The van der Waals surface area contributed by atoms with Gasteiger partial charge in [0.05, 0.1) is 11.9 Å². The van der Waals surface area contributed by atoms with Crippen LogP contribution < -0.4 is 11.1 Å². The molecule has 4 heteroatoms. The van der Waals surface area contributed by atoms with Gasteiger partial charge in [-0.2, -0.15) is 0 Å². The zero-order valence-electron chi connectivity index (χ0n) is 10.2. The number of hydrogen-bond donors (Lipinski definition) is 3. The number of aliphatic hydroxyl groups is 1. The Morgan fingerprint density at radius 3 is 2.69 bits per heavy atom. The molecule has 1 atom stereocenters. The Morgan fingerprint density at radius 2 is 2.19 bits per heavy atom. The van der Waals surface area contributed by atoms with E-state index in [1.165, 1.54) is 0 Å². The molecule has 0 saturated heterocycles. The van der Waals surface area contributed by atoms with E-state index in [0.29, 0.717) is 11.6 Å². The number of nitrogen functional groups attached to an aromatic ring is 1. The maximum absolute atomic E-state index is 8.98. The van der Waals surface area contributed by atoms with E-state index in [1.54, 1.807) is 6.20 Å². The molecular weight excluding hydrogens is 202 g/mol. The van der Waals surface area contributed by atoms with Crippen molar-refractivity contribution in [1.29, 1.82) is 0 Å². The standard InChI is InChI=1S/C12H21N3O/c1-8(2)11(4-5-16)15-12-6-9(3)10(13)7-14-12/h6-8,11,16H,4-5,13H2,1-3H3,(H,14,15). The molecule has 16 heavy (non-hydrogen) atoms. The first-order valence-corrected chi connectivity index (χ1v) is 5.64. The molecule has 0 bridgehead atoms. The van der Waals surface area contributed by atoms with E-state index in [0.717, 1.165) is 17.8 Å². The van der Waals surface area contributed by atoms with Crippen LogP contribution in [0.1, 0.15) is 25.8 Å². The molecule has 1 unspecified atom stereocenters. The number of aliphatic hydroxyl groups excluding tert-OH is 1. The van der Waals surface area contributed by atoms with Gasteiger partial charge in [0.1, 0.15) is 5.82 Å². The third-order valence-electron chi connectivity index (χ3n) is 2.73. The second kappa shape index (κ2) is 5.70. The van der Waals surface area contributed by atoms with E-state index in [9.17, 15) is 0 Å². The van der Waals surface area contributed by atoms with Gasteiger partial charge in [-0.15, -0.1) is 0 Å². The van der Waals surface area contributed by atoms with Crippen molar-refractivity contribution in [3.63, 3.8) is 0 Å². The topological polar surface area (TPSA) is 71.2 Å². The molecule has 0 amide bonds. The average molecular weight is 223 g/mol. The normalized spacial score (nSPS) is 12.8. The zero-order chi connectivity index (χ0) is 12.1. The van der Waals surface area contributed by atoms with Gasteiger partial charge in [-0.25, -0.2) is 4.98 Å². The molecule has 4 nitrogen and oxygen atoms in total. The monoisotopic (exact) mass is 223 g/mol. The number of hydrogen-bond acceptors (Lipinski definition) is 4. The molecule has 1 heterocycles. The summed E-state index contributed by atoms with van der Waals surface area (Å²) in [5.74, 6) is 1.27. The summed E-state index contributed by atoms with van der Waals surface area (Å²) >= 11 is 0. The van der Waals surface area contributed by atoms with Gasteiger partial charge in [0.15, 0.2) is 0 Å². The average Bonchev–Trinajstić information content (AvgIpc) is 2.22. The van der Waals surface area contributed by atoms with Crippen LogP contribution in [0.2, 0.25) is 0 Å². The second-order valence-corrected chi connectivity index (χ2v) is 4.43. The first-order valence-electron chi connectivity index (χ1n) is 5.64. The van der Waals surface area contributed by atoms with E-state index < -0.39 is 0 Å². The lowest BCUT2D eigenvalue weighted by Gasteiger charge is -2.22. The summed E-state index contributed by atoms with van der Waals surface area (Å²) in [6, 6.07) is 2.17. The lowest BCUT2D eigenvalue weighted by molar-refractivity contribution is 0.267. The van der Waals surface area contributed by atoms with Crippen LogP contribution >= 0.6 is 0 Å². The van der Waals surface area contributed by atoms with Crippen LogP contribution in [-0.4, -0.2) is 22.7 Å². The molecule has 0 fully saturated rings. The van der Waals surface area contributed by atoms with Crippen molar-refractivity contribution in [2.45, 2.75) is 33.2 Å². The highest BCUT2D eigenvalue weighted by Gasteiger charge is 2.13. The molecule has 1 rings (SSSR count). The van der Waals surface area contributed by atoms with Gasteiger partial charge >= 0.3 is 0 Å². The second-order valence-electron chi connectivity index (χ2n) is 4.43. The lowest BCUT2D eigenvalue weighted by Crippen LogP contribution is -2.27. The summed E-state index contributed by atoms with van der Waals surface area (Å²) in [6.45, 7) is 6.39. The number of pyridine rings is 1. The molecule has 0 aliphatic heterocycles. The van der Waals surface area contributed by atoms with E-state index in [1.807, 2.05) is 13.0 Å². The van der Waals surface area contributed by atoms with E-state index in [2.05, 4.69) is 24.1 Å². The van der Waals surface area contributed by atoms with Crippen LogP contribution in [-0.2, 0) is 0 Å². The minimum atomic E-state index is 0.184. The number of nitrogens with zero attached hydrogens (tertiary/aromatic N) is 1. The highest BCUT2D eigenvalue weighted by molar-refractivity contribution is 5.51. The molecule has 0 aromatic carbocycles. The highest BCUT2D eigenvalue weighted by atomic mass is 16.3. The van der Waals surface area contributed by atoms with Crippen LogP contribution in [0.5, 0.6) is 0 Å². The minimum Gasteiger partial charge on any atom is -0.397 e. The molecule has 0 aliphatic rings. The number of aryl methyl sites for hydroxylation is 1.